The Kier molecular flexibility index (Phi) is 4.73. The van der Waals surface area contributed by atoms with Crippen LogP contribution in [0.25, 0.3) is 10.9 Å². The molecule has 26 heavy (non-hydrogen) atoms. The van der Waals surface area contributed by atoms with Crippen molar-refractivity contribution < 1.29 is 8.42 Å². The van der Waals surface area contributed by atoms with Crippen LogP contribution >= 0.6 is 15.9 Å². The minimum absolute atomic E-state index is 0.202. The molecule has 7 heteroatoms. The number of hydrogen-bond acceptors (Lipinski definition) is 5. The van der Waals surface area contributed by atoms with Crippen LogP contribution in [0.2, 0.25) is 0 Å². The quantitative estimate of drug-likeness (QED) is 0.722. The van der Waals surface area contributed by atoms with Gasteiger partial charge in [-0.3, -0.25) is 9.88 Å². The number of aryl methyl sites for hydroxylation is 1. The molecule has 0 radical (unpaired) electrons. The molecule has 1 aromatic heterocycles. The zero-order valence-corrected chi connectivity index (χ0v) is 17.6. The van der Waals surface area contributed by atoms with Gasteiger partial charge in [0, 0.05) is 47.8 Å². The summed E-state index contributed by atoms with van der Waals surface area (Å²) in [5.74, 6) is 0.676. The summed E-state index contributed by atoms with van der Waals surface area (Å²) in [6, 6.07) is 6.45. The van der Waals surface area contributed by atoms with Crippen LogP contribution < -0.4 is 4.90 Å². The molecule has 1 atom stereocenters. The lowest BCUT2D eigenvalue weighted by Gasteiger charge is -2.39. The number of nitrogens with zero attached hydrogens (tertiary/aromatic N) is 3. The number of anilines is 1. The van der Waals surface area contributed by atoms with E-state index < -0.39 is 9.84 Å². The van der Waals surface area contributed by atoms with E-state index in [0.717, 1.165) is 48.3 Å². The summed E-state index contributed by atoms with van der Waals surface area (Å²) >= 11 is 3.59. The van der Waals surface area contributed by atoms with Gasteiger partial charge in [-0.15, -0.1) is 0 Å². The van der Waals surface area contributed by atoms with Crippen LogP contribution in [-0.4, -0.2) is 62.0 Å². The van der Waals surface area contributed by atoms with Crippen molar-refractivity contribution in [3.8, 4) is 0 Å². The number of aromatic nitrogens is 1. The number of pyridine rings is 1. The first kappa shape index (κ1) is 18.2. The third kappa shape index (κ3) is 3.37. The van der Waals surface area contributed by atoms with E-state index in [4.69, 9.17) is 4.98 Å². The van der Waals surface area contributed by atoms with Gasteiger partial charge in [-0.05, 0) is 44.0 Å². The highest BCUT2D eigenvalue weighted by Crippen LogP contribution is 2.34. The van der Waals surface area contributed by atoms with E-state index in [0.29, 0.717) is 11.5 Å². The molecule has 2 aliphatic heterocycles. The standard InChI is InChI=1S/C19H24BrN3O2S/c1-13-14(2)21-18-4-3-15(20)11-17(18)19(13)23-8-6-22(7-9-23)16-5-10-26(24,25)12-16/h3-4,11,16H,5-10,12H2,1-2H3. The lowest BCUT2D eigenvalue weighted by atomic mass is 10.0. The molecule has 5 nitrogen and oxygen atoms in total. The van der Waals surface area contributed by atoms with Gasteiger partial charge in [-0.2, -0.15) is 0 Å². The van der Waals surface area contributed by atoms with Gasteiger partial charge in [0.2, 0.25) is 0 Å². The fraction of sp³-hybridized carbons (Fsp3) is 0.526. The summed E-state index contributed by atoms with van der Waals surface area (Å²) in [5, 5.41) is 1.18. The third-order valence-corrected chi connectivity index (χ3v) is 8.00. The molecule has 0 N–H and O–H groups in total. The van der Waals surface area contributed by atoms with E-state index in [1.165, 1.54) is 16.6 Å². The van der Waals surface area contributed by atoms with Gasteiger partial charge in [0.1, 0.15) is 0 Å². The summed E-state index contributed by atoms with van der Waals surface area (Å²) in [6.07, 6.45) is 0.783. The number of piperazine rings is 1. The molecule has 0 spiro atoms. The topological polar surface area (TPSA) is 53.5 Å². The second kappa shape index (κ2) is 6.77. The maximum atomic E-state index is 11.8. The number of fused-ring (bicyclic) bond motifs is 1. The summed E-state index contributed by atoms with van der Waals surface area (Å²) in [6.45, 7) is 7.88. The van der Waals surface area contributed by atoms with Gasteiger partial charge >= 0.3 is 0 Å². The van der Waals surface area contributed by atoms with E-state index in [1.807, 2.05) is 6.07 Å². The number of halogens is 1. The van der Waals surface area contributed by atoms with Crippen LogP contribution in [0.15, 0.2) is 22.7 Å². The van der Waals surface area contributed by atoms with Crippen molar-refractivity contribution in [2.24, 2.45) is 0 Å². The second-order valence-electron chi connectivity index (χ2n) is 7.41. The van der Waals surface area contributed by atoms with Crippen molar-refractivity contribution in [1.82, 2.24) is 9.88 Å². The van der Waals surface area contributed by atoms with Crippen LogP contribution in [0.4, 0.5) is 5.69 Å². The zero-order chi connectivity index (χ0) is 18.5. The highest BCUT2D eigenvalue weighted by molar-refractivity contribution is 9.10. The Hall–Kier alpha value is -1.18. The Morgan fingerprint density at radius 1 is 1.15 bits per heavy atom. The highest BCUT2D eigenvalue weighted by Gasteiger charge is 2.34. The second-order valence-corrected chi connectivity index (χ2v) is 10.6. The van der Waals surface area contributed by atoms with E-state index in [-0.39, 0.29) is 6.04 Å². The van der Waals surface area contributed by atoms with E-state index in [9.17, 15) is 8.42 Å². The van der Waals surface area contributed by atoms with Crippen molar-refractivity contribution in [3.05, 3.63) is 33.9 Å². The lowest BCUT2D eigenvalue weighted by Crippen LogP contribution is -2.51. The molecule has 2 saturated heterocycles. The summed E-state index contributed by atoms with van der Waals surface area (Å²) in [5.41, 5.74) is 4.59. The molecule has 3 heterocycles. The van der Waals surface area contributed by atoms with Crippen LogP contribution in [-0.2, 0) is 9.84 Å². The SMILES string of the molecule is Cc1nc2ccc(Br)cc2c(N2CCN(C3CCS(=O)(=O)C3)CC2)c1C. The predicted molar refractivity (Wildman–Crippen MR) is 110 cm³/mol. The van der Waals surface area contributed by atoms with Crippen molar-refractivity contribution in [3.63, 3.8) is 0 Å². The van der Waals surface area contributed by atoms with E-state index >= 15 is 0 Å². The Balaban J connectivity index is 1.60. The summed E-state index contributed by atoms with van der Waals surface area (Å²) in [4.78, 5) is 9.55. The zero-order valence-electron chi connectivity index (χ0n) is 15.2. The van der Waals surface area contributed by atoms with Gasteiger partial charge in [0.05, 0.1) is 22.7 Å². The first-order valence-electron chi connectivity index (χ1n) is 9.10. The van der Waals surface area contributed by atoms with Crippen molar-refractivity contribution in [2.75, 3.05) is 42.6 Å². The molecule has 2 aliphatic rings. The average Bonchev–Trinajstić information content (AvgIpc) is 2.97. The number of hydrogen-bond donors (Lipinski definition) is 0. The number of sulfone groups is 1. The van der Waals surface area contributed by atoms with Crippen LogP contribution in [0, 0.1) is 13.8 Å². The first-order valence-corrected chi connectivity index (χ1v) is 11.7. The van der Waals surface area contributed by atoms with Crippen LogP contribution in [0.5, 0.6) is 0 Å². The molecule has 4 rings (SSSR count). The maximum Gasteiger partial charge on any atom is 0.151 e. The monoisotopic (exact) mass is 437 g/mol. The molecule has 0 bridgehead atoms. The van der Waals surface area contributed by atoms with Crippen molar-refractivity contribution in [1.29, 1.82) is 0 Å². The summed E-state index contributed by atoms with van der Waals surface area (Å²) < 4.78 is 24.6. The largest absolute Gasteiger partial charge is 0.368 e. The van der Waals surface area contributed by atoms with Crippen LogP contribution in [0.1, 0.15) is 17.7 Å². The Morgan fingerprint density at radius 3 is 2.54 bits per heavy atom. The van der Waals surface area contributed by atoms with Gasteiger partial charge in [0.15, 0.2) is 9.84 Å². The number of benzene rings is 1. The van der Waals surface area contributed by atoms with Crippen molar-refractivity contribution >= 4 is 42.4 Å². The van der Waals surface area contributed by atoms with Crippen molar-refractivity contribution in [2.45, 2.75) is 26.3 Å². The normalized spacial score (nSPS) is 23.7. The molecule has 1 aromatic carbocycles. The fourth-order valence-corrected chi connectivity index (χ4v) is 6.34. The molecular weight excluding hydrogens is 414 g/mol. The molecule has 2 aromatic rings. The van der Waals surface area contributed by atoms with E-state index in [2.05, 4.69) is 51.7 Å². The molecule has 1 unspecified atom stereocenters. The maximum absolute atomic E-state index is 11.8. The van der Waals surface area contributed by atoms with E-state index in [1.54, 1.807) is 0 Å². The van der Waals surface area contributed by atoms with Gasteiger partial charge in [-0.1, -0.05) is 15.9 Å². The minimum atomic E-state index is -2.83. The molecule has 140 valence electrons. The lowest BCUT2D eigenvalue weighted by molar-refractivity contribution is 0.200. The number of rotatable bonds is 2. The molecule has 0 amide bonds. The molecule has 0 saturated carbocycles. The molecule has 2 fully saturated rings. The Labute approximate surface area is 163 Å². The smallest absolute Gasteiger partial charge is 0.151 e. The fourth-order valence-electron chi connectivity index (χ4n) is 4.21. The van der Waals surface area contributed by atoms with Crippen LogP contribution in [0.3, 0.4) is 0 Å². The Morgan fingerprint density at radius 2 is 1.88 bits per heavy atom. The Bertz CT molecular complexity index is 953. The molecule has 0 aliphatic carbocycles. The summed E-state index contributed by atoms with van der Waals surface area (Å²) in [7, 11) is -2.83. The van der Waals surface area contributed by atoms with Gasteiger partial charge in [-0.25, -0.2) is 8.42 Å². The highest BCUT2D eigenvalue weighted by atomic mass is 79.9. The molecular formula is C19H24BrN3O2S. The van der Waals surface area contributed by atoms with Gasteiger partial charge < -0.3 is 4.90 Å². The predicted octanol–water partition coefficient (Wildman–Crippen LogP) is 2.92. The minimum Gasteiger partial charge on any atom is -0.368 e. The average molecular weight is 438 g/mol. The van der Waals surface area contributed by atoms with Gasteiger partial charge in [0.25, 0.3) is 0 Å². The first-order chi connectivity index (χ1) is 12.3. The third-order valence-electron chi connectivity index (χ3n) is 5.76.